The van der Waals surface area contributed by atoms with Crippen LogP contribution in [0.25, 0.3) is 0 Å². The van der Waals surface area contributed by atoms with Crippen molar-refractivity contribution in [1.29, 1.82) is 0 Å². The number of hydrogen-bond donors (Lipinski definition) is 1. The highest BCUT2D eigenvalue weighted by Gasteiger charge is 2.16. The molecule has 0 saturated heterocycles. The molecule has 0 amide bonds. The summed E-state index contributed by atoms with van der Waals surface area (Å²) in [6, 6.07) is 0. The standard InChI is InChI=1S/C26H50O5/c1-3-5-7-9-11-13-15-17-19-21-26(29)31-24(22-27)23-30-25(28)20-18-16-14-12-10-8-6-4-2/h24,27H,3-23H2,1-2H3. The van der Waals surface area contributed by atoms with Crippen molar-refractivity contribution in [3.63, 3.8) is 0 Å². The summed E-state index contributed by atoms with van der Waals surface area (Å²) in [6.07, 6.45) is 20.1. The van der Waals surface area contributed by atoms with Crippen LogP contribution in [-0.2, 0) is 19.1 Å². The van der Waals surface area contributed by atoms with Gasteiger partial charge in [-0.15, -0.1) is 0 Å². The lowest BCUT2D eigenvalue weighted by Crippen LogP contribution is -2.28. The van der Waals surface area contributed by atoms with E-state index < -0.39 is 6.10 Å². The normalized spacial score (nSPS) is 12.0. The van der Waals surface area contributed by atoms with Gasteiger partial charge in [-0.3, -0.25) is 9.59 Å². The molecule has 0 aromatic carbocycles. The first-order valence-corrected chi connectivity index (χ1v) is 13.1. The number of esters is 2. The van der Waals surface area contributed by atoms with Crippen molar-refractivity contribution in [3.05, 3.63) is 0 Å². The minimum absolute atomic E-state index is 0.0597. The minimum atomic E-state index is -0.756. The Balaban J connectivity index is 3.62. The monoisotopic (exact) mass is 442 g/mol. The SMILES string of the molecule is CCCCCCCCCCCC(=O)OC(CO)COC(=O)CCCCCCCCCC. The molecule has 184 valence electrons. The van der Waals surface area contributed by atoms with Crippen LogP contribution in [0.5, 0.6) is 0 Å². The zero-order valence-electron chi connectivity index (χ0n) is 20.5. The van der Waals surface area contributed by atoms with E-state index in [4.69, 9.17) is 9.47 Å². The van der Waals surface area contributed by atoms with Crippen LogP contribution in [0, 0.1) is 0 Å². The maximum absolute atomic E-state index is 11.9. The zero-order chi connectivity index (χ0) is 23.0. The van der Waals surface area contributed by atoms with Crippen LogP contribution >= 0.6 is 0 Å². The van der Waals surface area contributed by atoms with Gasteiger partial charge >= 0.3 is 11.9 Å². The largest absolute Gasteiger partial charge is 0.462 e. The topological polar surface area (TPSA) is 72.8 Å². The van der Waals surface area contributed by atoms with E-state index in [2.05, 4.69) is 13.8 Å². The van der Waals surface area contributed by atoms with Crippen molar-refractivity contribution >= 4 is 11.9 Å². The summed E-state index contributed by atoms with van der Waals surface area (Å²) in [5.41, 5.74) is 0. The highest BCUT2D eigenvalue weighted by atomic mass is 16.6. The fourth-order valence-electron chi connectivity index (χ4n) is 3.61. The number of rotatable bonds is 23. The van der Waals surface area contributed by atoms with Crippen molar-refractivity contribution in [2.75, 3.05) is 13.2 Å². The smallest absolute Gasteiger partial charge is 0.306 e. The third-order valence-corrected chi connectivity index (χ3v) is 5.65. The Hall–Kier alpha value is -1.10. The Morgan fingerprint density at radius 2 is 1.00 bits per heavy atom. The zero-order valence-corrected chi connectivity index (χ0v) is 20.5. The van der Waals surface area contributed by atoms with Crippen molar-refractivity contribution < 1.29 is 24.2 Å². The van der Waals surface area contributed by atoms with Crippen molar-refractivity contribution in [1.82, 2.24) is 0 Å². The fraction of sp³-hybridized carbons (Fsp3) is 0.923. The van der Waals surface area contributed by atoms with E-state index in [-0.39, 0.29) is 25.2 Å². The second-order valence-corrected chi connectivity index (χ2v) is 8.78. The second-order valence-electron chi connectivity index (χ2n) is 8.78. The van der Waals surface area contributed by atoms with Gasteiger partial charge in [0.15, 0.2) is 6.10 Å². The van der Waals surface area contributed by atoms with Gasteiger partial charge in [0.1, 0.15) is 6.61 Å². The van der Waals surface area contributed by atoms with Gasteiger partial charge in [-0.05, 0) is 12.8 Å². The molecule has 1 unspecified atom stereocenters. The summed E-state index contributed by atoms with van der Waals surface area (Å²) in [7, 11) is 0. The first-order valence-electron chi connectivity index (χ1n) is 13.1. The third-order valence-electron chi connectivity index (χ3n) is 5.65. The van der Waals surface area contributed by atoms with Crippen LogP contribution in [0.3, 0.4) is 0 Å². The molecule has 31 heavy (non-hydrogen) atoms. The third kappa shape index (κ3) is 21.9. The predicted octanol–water partition coefficient (Wildman–Crippen LogP) is 6.89. The Bertz CT molecular complexity index is 411. The van der Waals surface area contributed by atoms with Crippen LogP contribution in [0.4, 0.5) is 0 Å². The van der Waals surface area contributed by atoms with Crippen molar-refractivity contribution in [3.8, 4) is 0 Å². The molecular formula is C26H50O5. The molecule has 1 N–H and O–H groups in total. The summed E-state index contributed by atoms with van der Waals surface area (Å²) in [5.74, 6) is -0.597. The van der Waals surface area contributed by atoms with E-state index in [0.29, 0.717) is 12.8 Å². The van der Waals surface area contributed by atoms with E-state index in [1.165, 1.54) is 70.6 Å². The van der Waals surface area contributed by atoms with Crippen LogP contribution < -0.4 is 0 Å². The fourth-order valence-corrected chi connectivity index (χ4v) is 3.61. The molecule has 0 aromatic rings. The van der Waals surface area contributed by atoms with Gasteiger partial charge in [0.05, 0.1) is 6.61 Å². The van der Waals surface area contributed by atoms with Gasteiger partial charge in [0.2, 0.25) is 0 Å². The molecule has 5 heteroatoms. The lowest BCUT2D eigenvalue weighted by atomic mass is 10.1. The van der Waals surface area contributed by atoms with Crippen LogP contribution in [0.15, 0.2) is 0 Å². The van der Waals surface area contributed by atoms with Gasteiger partial charge in [0.25, 0.3) is 0 Å². The number of hydrogen-bond acceptors (Lipinski definition) is 5. The maximum atomic E-state index is 11.9. The average Bonchev–Trinajstić information content (AvgIpc) is 2.77. The molecule has 0 aromatic heterocycles. The van der Waals surface area contributed by atoms with Gasteiger partial charge in [0, 0.05) is 12.8 Å². The maximum Gasteiger partial charge on any atom is 0.306 e. The number of carbonyl (C=O) groups excluding carboxylic acids is 2. The summed E-state index contributed by atoms with van der Waals surface area (Å²) in [4.78, 5) is 23.8. The minimum Gasteiger partial charge on any atom is -0.462 e. The molecule has 1 atom stereocenters. The van der Waals surface area contributed by atoms with E-state index >= 15 is 0 Å². The molecule has 0 aliphatic carbocycles. The lowest BCUT2D eigenvalue weighted by molar-refractivity contribution is -0.161. The van der Waals surface area contributed by atoms with Crippen molar-refractivity contribution in [2.45, 2.75) is 142 Å². The van der Waals surface area contributed by atoms with Crippen LogP contribution in [-0.4, -0.2) is 36.4 Å². The van der Waals surface area contributed by atoms with Crippen LogP contribution in [0.1, 0.15) is 136 Å². The first-order chi connectivity index (χ1) is 15.1. The molecule has 5 nitrogen and oxygen atoms in total. The molecule has 0 aliphatic heterocycles. The van der Waals surface area contributed by atoms with Crippen molar-refractivity contribution in [2.24, 2.45) is 0 Å². The molecule has 0 fully saturated rings. The molecule has 0 radical (unpaired) electrons. The lowest BCUT2D eigenvalue weighted by Gasteiger charge is -2.15. The number of carbonyl (C=O) groups is 2. The summed E-state index contributed by atoms with van der Waals surface area (Å²) in [6.45, 7) is 4.05. The Labute approximate surface area is 191 Å². The molecule has 0 saturated carbocycles. The van der Waals surface area contributed by atoms with Gasteiger partial charge < -0.3 is 14.6 Å². The number of ether oxygens (including phenoxy) is 2. The quantitative estimate of drug-likeness (QED) is 0.138. The van der Waals surface area contributed by atoms with E-state index in [0.717, 1.165) is 38.5 Å². The van der Waals surface area contributed by atoms with E-state index in [1.807, 2.05) is 0 Å². The highest BCUT2D eigenvalue weighted by molar-refractivity contribution is 5.70. The molecule has 0 heterocycles. The molecule has 0 rings (SSSR count). The highest BCUT2D eigenvalue weighted by Crippen LogP contribution is 2.12. The van der Waals surface area contributed by atoms with E-state index in [9.17, 15) is 14.7 Å². The Kier molecular flexibility index (Phi) is 22.7. The van der Waals surface area contributed by atoms with E-state index in [1.54, 1.807) is 0 Å². The summed E-state index contributed by atoms with van der Waals surface area (Å²) in [5, 5.41) is 9.38. The summed E-state index contributed by atoms with van der Waals surface area (Å²) < 4.78 is 10.4. The van der Waals surface area contributed by atoms with Gasteiger partial charge in [-0.25, -0.2) is 0 Å². The van der Waals surface area contributed by atoms with Crippen LogP contribution in [0.2, 0.25) is 0 Å². The number of aliphatic hydroxyl groups is 1. The predicted molar refractivity (Wildman–Crippen MR) is 127 cm³/mol. The first kappa shape index (κ1) is 29.9. The van der Waals surface area contributed by atoms with Gasteiger partial charge in [-0.1, -0.05) is 110 Å². The summed E-state index contributed by atoms with van der Waals surface area (Å²) >= 11 is 0. The Morgan fingerprint density at radius 1 is 0.613 bits per heavy atom. The van der Waals surface area contributed by atoms with Gasteiger partial charge in [-0.2, -0.15) is 0 Å². The molecular weight excluding hydrogens is 392 g/mol. The molecule has 0 spiro atoms. The average molecular weight is 443 g/mol. The second kappa shape index (κ2) is 23.6. The number of aliphatic hydroxyl groups excluding tert-OH is 1. The number of unbranched alkanes of at least 4 members (excludes halogenated alkanes) is 15. The Morgan fingerprint density at radius 3 is 1.42 bits per heavy atom. The molecule has 0 bridgehead atoms. The molecule has 0 aliphatic rings.